The first kappa shape index (κ1) is 12.8. The van der Waals surface area contributed by atoms with E-state index in [1.165, 1.54) is 17.0 Å². The van der Waals surface area contributed by atoms with Crippen LogP contribution in [-0.2, 0) is 4.79 Å². The van der Waals surface area contributed by atoms with Crippen LogP contribution in [0.15, 0.2) is 18.2 Å². The number of amides is 1. The zero-order chi connectivity index (χ0) is 12.1. The molecule has 1 amide bonds. The van der Waals surface area contributed by atoms with Crippen molar-refractivity contribution in [2.75, 3.05) is 24.3 Å². The van der Waals surface area contributed by atoms with Gasteiger partial charge in [0.2, 0.25) is 5.91 Å². The lowest BCUT2D eigenvalue weighted by Crippen LogP contribution is -2.27. The number of thiol groups is 1. The molecule has 16 heavy (non-hydrogen) atoms. The Morgan fingerprint density at radius 3 is 2.75 bits per heavy atom. The molecule has 0 aliphatic heterocycles. The van der Waals surface area contributed by atoms with Crippen LogP contribution >= 0.6 is 12.6 Å². The predicted octanol–water partition coefficient (Wildman–Crippen LogP) is 2.12. The lowest BCUT2D eigenvalue weighted by molar-refractivity contribution is -0.115. The van der Waals surface area contributed by atoms with Crippen LogP contribution in [0.2, 0.25) is 0 Å². The van der Waals surface area contributed by atoms with Crippen molar-refractivity contribution in [3.63, 3.8) is 0 Å². The van der Waals surface area contributed by atoms with Crippen molar-refractivity contribution in [2.45, 2.75) is 6.92 Å². The maximum Gasteiger partial charge on any atom is 0.236 e. The summed E-state index contributed by atoms with van der Waals surface area (Å²) in [7, 11) is 1.58. The molecule has 0 aliphatic rings. The molecule has 1 rings (SSSR count). The van der Waals surface area contributed by atoms with Gasteiger partial charge in [-0.05, 0) is 19.1 Å². The molecule has 0 saturated heterocycles. The first-order valence-electron chi connectivity index (χ1n) is 4.90. The fourth-order valence-electron chi connectivity index (χ4n) is 1.22. The molecule has 3 nitrogen and oxygen atoms in total. The standard InChI is InChI=1S/C11H14FNO2S/c1-3-15-10-5-4-8(6-9(10)12)13(2)11(14)7-16/h4-6,16H,3,7H2,1-2H3. The smallest absolute Gasteiger partial charge is 0.236 e. The predicted molar refractivity (Wildman–Crippen MR) is 64.8 cm³/mol. The molecule has 0 unspecified atom stereocenters. The van der Waals surface area contributed by atoms with Crippen LogP contribution < -0.4 is 9.64 Å². The summed E-state index contributed by atoms with van der Waals surface area (Å²) in [5.74, 6) is -0.381. The normalized spacial score (nSPS) is 10.0. The van der Waals surface area contributed by atoms with Gasteiger partial charge in [0.05, 0.1) is 12.4 Å². The largest absolute Gasteiger partial charge is 0.491 e. The van der Waals surface area contributed by atoms with Crippen molar-refractivity contribution in [1.29, 1.82) is 0 Å². The second-order valence-electron chi connectivity index (χ2n) is 3.16. The van der Waals surface area contributed by atoms with Gasteiger partial charge in [-0.3, -0.25) is 4.79 Å². The number of hydrogen-bond acceptors (Lipinski definition) is 3. The van der Waals surface area contributed by atoms with Gasteiger partial charge < -0.3 is 9.64 Å². The van der Waals surface area contributed by atoms with Gasteiger partial charge in [-0.2, -0.15) is 12.6 Å². The quantitative estimate of drug-likeness (QED) is 0.821. The van der Waals surface area contributed by atoms with Crippen LogP contribution in [0.4, 0.5) is 10.1 Å². The fourth-order valence-corrected chi connectivity index (χ4v) is 1.43. The Morgan fingerprint density at radius 1 is 1.56 bits per heavy atom. The molecule has 0 bridgehead atoms. The molecular weight excluding hydrogens is 229 g/mol. The summed E-state index contributed by atoms with van der Waals surface area (Å²) in [4.78, 5) is 12.7. The highest BCUT2D eigenvalue weighted by molar-refractivity contribution is 7.81. The molecule has 0 spiro atoms. The number of halogens is 1. The molecule has 0 aromatic heterocycles. The lowest BCUT2D eigenvalue weighted by atomic mass is 10.2. The topological polar surface area (TPSA) is 29.5 Å². The Hall–Kier alpha value is -1.23. The number of ether oxygens (including phenoxy) is 1. The zero-order valence-electron chi connectivity index (χ0n) is 9.24. The van der Waals surface area contributed by atoms with E-state index in [9.17, 15) is 9.18 Å². The Morgan fingerprint density at radius 2 is 2.25 bits per heavy atom. The highest BCUT2D eigenvalue weighted by atomic mass is 32.1. The second kappa shape index (κ2) is 5.75. The molecule has 0 atom stereocenters. The summed E-state index contributed by atoms with van der Waals surface area (Å²) in [6.45, 7) is 2.19. The van der Waals surface area contributed by atoms with Gasteiger partial charge in [-0.15, -0.1) is 0 Å². The van der Waals surface area contributed by atoms with Gasteiger partial charge in [0.1, 0.15) is 0 Å². The molecule has 0 radical (unpaired) electrons. The highest BCUT2D eigenvalue weighted by Crippen LogP contribution is 2.23. The van der Waals surface area contributed by atoms with Crippen molar-refractivity contribution in [2.24, 2.45) is 0 Å². The number of carbonyl (C=O) groups is 1. The van der Waals surface area contributed by atoms with Crippen LogP contribution in [0.1, 0.15) is 6.92 Å². The highest BCUT2D eigenvalue weighted by Gasteiger charge is 2.11. The van der Waals surface area contributed by atoms with E-state index in [0.29, 0.717) is 12.3 Å². The molecular formula is C11H14FNO2S. The molecule has 1 aromatic carbocycles. The van der Waals surface area contributed by atoms with E-state index in [4.69, 9.17) is 4.74 Å². The van der Waals surface area contributed by atoms with Gasteiger partial charge >= 0.3 is 0 Å². The monoisotopic (exact) mass is 243 g/mol. The molecule has 0 fully saturated rings. The molecule has 0 N–H and O–H groups in total. The van der Waals surface area contributed by atoms with Gasteiger partial charge in [0, 0.05) is 18.8 Å². The second-order valence-corrected chi connectivity index (χ2v) is 3.47. The number of carbonyl (C=O) groups excluding carboxylic acids is 1. The van der Waals surface area contributed by atoms with Crippen LogP contribution in [-0.4, -0.2) is 25.3 Å². The van der Waals surface area contributed by atoms with Crippen LogP contribution in [0, 0.1) is 5.82 Å². The number of rotatable bonds is 4. The summed E-state index contributed by atoms with van der Waals surface area (Å²) >= 11 is 3.88. The summed E-state index contributed by atoms with van der Waals surface area (Å²) in [6, 6.07) is 4.41. The van der Waals surface area contributed by atoms with Crippen LogP contribution in [0.25, 0.3) is 0 Å². The minimum atomic E-state index is -0.474. The third kappa shape index (κ3) is 2.88. The van der Waals surface area contributed by atoms with E-state index in [-0.39, 0.29) is 17.4 Å². The molecule has 1 aromatic rings. The fraction of sp³-hybridized carbons (Fsp3) is 0.364. The Kier molecular flexibility index (Phi) is 4.61. The lowest BCUT2D eigenvalue weighted by Gasteiger charge is -2.17. The Bertz CT molecular complexity index is 384. The SMILES string of the molecule is CCOc1ccc(N(C)C(=O)CS)cc1F. The van der Waals surface area contributed by atoms with Gasteiger partial charge in [-0.1, -0.05) is 0 Å². The number of hydrogen-bond donors (Lipinski definition) is 1. The van der Waals surface area contributed by atoms with Crippen LogP contribution in [0.3, 0.4) is 0 Å². The minimum Gasteiger partial charge on any atom is -0.491 e. The maximum atomic E-state index is 13.5. The van der Waals surface area contributed by atoms with E-state index in [2.05, 4.69) is 12.6 Å². The molecule has 0 heterocycles. The summed E-state index contributed by atoms with van der Waals surface area (Å²) in [5, 5.41) is 0. The average molecular weight is 243 g/mol. The number of anilines is 1. The maximum absolute atomic E-state index is 13.5. The molecule has 0 aliphatic carbocycles. The van der Waals surface area contributed by atoms with E-state index in [1.807, 2.05) is 0 Å². The summed E-state index contributed by atoms with van der Waals surface area (Å²) in [6.07, 6.45) is 0. The molecule has 0 saturated carbocycles. The minimum absolute atomic E-state index is 0.0886. The molecule has 5 heteroatoms. The van der Waals surface area contributed by atoms with E-state index >= 15 is 0 Å². The van der Waals surface area contributed by atoms with E-state index < -0.39 is 5.82 Å². The number of benzene rings is 1. The first-order valence-corrected chi connectivity index (χ1v) is 5.53. The van der Waals surface area contributed by atoms with Crippen molar-refractivity contribution in [3.05, 3.63) is 24.0 Å². The summed E-state index contributed by atoms with van der Waals surface area (Å²) in [5.41, 5.74) is 0.486. The zero-order valence-corrected chi connectivity index (χ0v) is 10.1. The summed E-state index contributed by atoms with van der Waals surface area (Å²) < 4.78 is 18.5. The van der Waals surface area contributed by atoms with Crippen molar-refractivity contribution >= 4 is 24.2 Å². The first-order chi connectivity index (χ1) is 7.60. The Labute approximate surface area is 99.6 Å². The third-order valence-electron chi connectivity index (χ3n) is 2.11. The Balaban J connectivity index is 2.92. The van der Waals surface area contributed by atoms with Crippen LogP contribution in [0.5, 0.6) is 5.75 Å². The van der Waals surface area contributed by atoms with E-state index in [1.54, 1.807) is 20.0 Å². The third-order valence-corrected chi connectivity index (χ3v) is 2.38. The van der Waals surface area contributed by atoms with E-state index in [0.717, 1.165) is 0 Å². The molecule has 88 valence electrons. The van der Waals surface area contributed by atoms with Crippen molar-refractivity contribution < 1.29 is 13.9 Å². The van der Waals surface area contributed by atoms with Gasteiger partial charge in [-0.25, -0.2) is 4.39 Å². The van der Waals surface area contributed by atoms with Gasteiger partial charge in [0.15, 0.2) is 11.6 Å². The number of nitrogens with zero attached hydrogens (tertiary/aromatic N) is 1. The van der Waals surface area contributed by atoms with Crippen molar-refractivity contribution in [3.8, 4) is 5.75 Å². The average Bonchev–Trinajstić information content (AvgIpc) is 2.30. The van der Waals surface area contributed by atoms with Crippen molar-refractivity contribution in [1.82, 2.24) is 0 Å². The van der Waals surface area contributed by atoms with Gasteiger partial charge in [0.25, 0.3) is 0 Å².